The zero-order valence-corrected chi connectivity index (χ0v) is 14.0. The molecule has 0 saturated carbocycles. The Morgan fingerprint density at radius 2 is 1.95 bits per heavy atom. The van der Waals surface area contributed by atoms with Gasteiger partial charge in [0.2, 0.25) is 0 Å². The number of hydrogen-bond acceptors (Lipinski definition) is 3. The highest BCUT2D eigenvalue weighted by molar-refractivity contribution is 7.80. The summed E-state index contributed by atoms with van der Waals surface area (Å²) >= 11 is 5.30. The number of carbonyl (C=O) groups is 1. The van der Waals surface area contributed by atoms with Gasteiger partial charge in [0, 0.05) is 0 Å². The summed E-state index contributed by atoms with van der Waals surface area (Å²) in [5, 5.41) is 6.85. The molecule has 1 aliphatic heterocycles. The van der Waals surface area contributed by atoms with E-state index in [9.17, 15) is 4.79 Å². The molecule has 1 heterocycles. The minimum absolute atomic E-state index is 0.117. The molecular weight excluding hydrogens is 296 g/mol. The molecule has 0 saturated heterocycles. The topological polar surface area (TPSA) is 50.4 Å². The number of ether oxygens (including phenoxy) is 1. The van der Waals surface area contributed by atoms with E-state index in [2.05, 4.69) is 17.6 Å². The molecule has 1 unspecified atom stereocenters. The Morgan fingerprint density at radius 3 is 2.55 bits per heavy atom. The quantitative estimate of drug-likeness (QED) is 0.646. The molecule has 2 rings (SSSR count). The van der Waals surface area contributed by atoms with Crippen molar-refractivity contribution in [2.45, 2.75) is 39.7 Å². The normalized spacial score (nSPS) is 17.8. The van der Waals surface area contributed by atoms with Crippen molar-refractivity contribution in [3.63, 3.8) is 0 Å². The average Bonchev–Trinajstić information content (AvgIpc) is 2.48. The van der Waals surface area contributed by atoms with Crippen LogP contribution in [0.5, 0.6) is 0 Å². The van der Waals surface area contributed by atoms with Crippen LogP contribution in [0.25, 0.3) is 5.70 Å². The summed E-state index contributed by atoms with van der Waals surface area (Å²) in [7, 11) is 0. The van der Waals surface area contributed by atoms with Gasteiger partial charge in [0.1, 0.15) is 0 Å². The zero-order valence-electron chi connectivity index (χ0n) is 13.2. The van der Waals surface area contributed by atoms with Gasteiger partial charge in [0.15, 0.2) is 5.11 Å². The van der Waals surface area contributed by atoms with E-state index in [1.165, 1.54) is 5.56 Å². The lowest BCUT2D eigenvalue weighted by Gasteiger charge is -2.30. The van der Waals surface area contributed by atoms with Crippen LogP contribution in [0.3, 0.4) is 0 Å². The first kappa shape index (κ1) is 16.5. The van der Waals surface area contributed by atoms with E-state index in [1.807, 2.05) is 38.1 Å². The molecule has 2 N–H and O–H groups in total. The van der Waals surface area contributed by atoms with Crippen LogP contribution in [0.15, 0.2) is 29.8 Å². The SMILES string of the molecule is CCCC1NC(=S)NC(c2ccc(C)cc2)=C1C(=O)OCC. The van der Waals surface area contributed by atoms with Gasteiger partial charge >= 0.3 is 5.97 Å². The molecule has 0 amide bonds. The van der Waals surface area contributed by atoms with Crippen molar-refractivity contribution in [1.82, 2.24) is 10.6 Å². The molecule has 4 nitrogen and oxygen atoms in total. The van der Waals surface area contributed by atoms with Crippen molar-refractivity contribution >= 4 is 29.0 Å². The molecule has 1 atom stereocenters. The van der Waals surface area contributed by atoms with E-state index in [-0.39, 0.29) is 12.0 Å². The van der Waals surface area contributed by atoms with Crippen LogP contribution >= 0.6 is 12.2 Å². The molecule has 22 heavy (non-hydrogen) atoms. The van der Waals surface area contributed by atoms with Gasteiger partial charge in [-0.15, -0.1) is 0 Å². The first-order valence-electron chi connectivity index (χ1n) is 7.62. The van der Waals surface area contributed by atoms with E-state index < -0.39 is 0 Å². The van der Waals surface area contributed by atoms with Gasteiger partial charge in [-0.3, -0.25) is 0 Å². The van der Waals surface area contributed by atoms with Gasteiger partial charge in [0.05, 0.1) is 23.9 Å². The first-order valence-corrected chi connectivity index (χ1v) is 8.03. The van der Waals surface area contributed by atoms with Crippen LogP contribution in [0.2, 0.25) is 0 Å². The third-order valence-electron chi connectivity index (χ3n) is 3.57. The van der Waals surface area contributed by atoms with E-state index in [1.54, 1.807) is 0 Å². The summed E-state index contributed by atoms with van der Waals surface area (Å²) in [6.07, 6.45) is 1.77. The lowest BCUT2D eigenvalue weighted by atomic mass is 9.95. The summed E-state index contributed by atoms with van der Waals surface area (Å²) < 4.78 is 5.25. The Hall–Kier alpha value is -1.88. The molecule has 1 aromatic carbocycles. The predicted molar refractivity (Wildman–Crippen MR) is 92.3 cm³/mol. The molecule has 0 aromatic heterocycles. The zero-order chi connectivity index (χ0) is 16.1. The number of carbonyl (C=O) groups excluding carboxylic acids is 1. The lowest BCUT2D eigenvalue weighted by Crippen LogP contribution is -2.49. The summed E-state index contributed by atoms with van der Waals surface area (Å²) in [4.78, 5) is 12.4. The van der Waals surface area contributed by atoms with E-state index in [0.717, 1.165) is 24.1 Å². The van der Waals surface area contributed by atoms with E-state index in [4.69, 9.17) is 17.0 Å². The Kier molecular flexibility index (Phi) is 5.55. The third kappa shape index (κ3) is 3.65. The maximum atomic E-state index is 12.4. The summed E-state index contributed by atoms with van der Waals surface area (Å²) in [6.45, 7) is 6.28. The minimum atomic E-state index is -0.293. The van der Waals surface area contributed by atoms with Gasteiger partial charge in [-0.1, -0.05) is 43.2 Å². The number of aryl methyl sites for hydroxylation is 1. The average molecular weight is 318 g/mol. The van der Waals surface area contributed by atoms with Crippen LogP contribution < -0.4 is 10.6 Å². The fourth-order valence-corrected chi connectivity index (χ4v) is 2.77. The number of esters is 1. The Bertz CT molecular complexity index is 593. The molecule has 118 valence electrons. The molecular formula is C17H22N2O2S. The van der Waals surface area contributed by atoms with Crippen molar-refractivity contribution in [2.75, 3.05) is 6.61 Å². The maximum absolute atomic E-state index is 12.4. The van der Waals surface area contributed by atoms with Gasteiger partial charge < -0.3 is 15.4 Å². The molecule has 1 aromatic rings. The highest BCUT2D eigenvalue weighted by atomic mass is 32.1. The largest absolute Gasteiger partial charge is 0.463 e. The predicted octanol–water partition coefficient (Wildman–Crippen LogP) is 2.92. The number of thiocarbonyl (C=S) groups is 1. The van der Waals surface area contributed by atoms with Gasteiger partial charge in [-0.2, -0.15) is 0 Å². The number of rotatable bonds is 5. The standard InChI is InChI=1S/C17H22N2O2S/c1-4-6-13-14(16(20)21-5-2)15(19-17(22)18-13)12-9-7-11(3)8-10-12/h7-10,13H,4-6H2,1-3H3,(H2,18,19,22). The van der Waals surface area contributed by atoms with E-state index in [0.29, 0.717) is 17.3 Å². The second-order valence-electron chi connectivity index (χ2n) is 5.31. The molecule has 0 fully saturated rings. The van der Waals surface area contributed by atoms with Crippen molar-refractivity contribution in [2.24, 2.45) is 0 Å². The fourth-order valence-electron chi connectivity index (χ4n) is 2.53. The Morgan fingerprint density at radius 1 is 1.27 bits per heavy atom. The maximum Gasteiger partial charge on any atom is 0.338 e. The summed E-state index contributed by atoms with van der Waals surface area (Å²) in [5.41, 5.74) is 3.49. The monoisotopic (exact) mass is 318 g/mol. The molecule has 5 heteroatoms. The highest BCUT2D eigenvalue weighted by Crippen LogP contribution is 2.25. The lowest BCUT2D eigenvalue weighted by molar-refractivity contribution is -0.138. The molecule has 0 radical (unpaired) electrons. The molecule has 0 aliphatic carbocycles. The molecule has 1 aliphatic rings. The van der Waals surface area contributed by atoms with E-state index >= 15 is 0 Å². The number of nitrogens with one attached hydrogen (secondary N) is 2. The number of hydrogen-bond donors (Lipinski definition) is 2. The van der Waals surface area contributed by atoms with Crippen LogP contribution in [0, 0.1) is 6.92 Å². The van der Waals surface area contributed by atoms with Crippen LogP contribution in [-0.2, 0) is 9.53 Å². The third-order valence-corrected chi connectivity index (χ3v) is 3.79. The van der Waals surface area contributed by atoms with Crippen LogP contribution in [0.1, 0.15) is 37.8 Å². The summed E-state index contributed by atoms with van der Waals surface area (Å²) in [5.74, 6) is -0.293. The Labute approximate surface area is 136 Å². The second kappa shape index (κ2) is 7.40. The van der Waals surface area contributed by atoms with Gasteiger partial charge in [-0.25, -0.2) is 4.79 Å². The van der Waals surface area contributed by atoms with Crippen molar-refractivity contribution < 1.29 is 9.53 Å². The smallest absolute Gasteiger partial charge is 0.338 e. The van der Waals surface area contributed by atoms with Crippen molar-refractivity contribution in [3.05, 3.63) is 41.0 Å². The van der Waals surface area contributed by atoms with Gasteiger partial charge in [-0.05, 0) is 38.0 Å². The van der Waals surface area contributed by atoms with Crippen molar-refractivity contribution in [3.8, 4) is 0 Å². The van der Waals surface area contributed by atoms with Crippen LogP contribution in [0.4, 0.5) is 0 Å². The number of benzene rings is 1. The van der Waals surface area contributed by atoms with Gasteiger partial charge in [0.25, 0.3) is 0 Å². The van der Waals surface area contributed by atoms with Crippen LogP contribution in [-0.4, -0.2) is 23.7 Å². The minimum Gasteiger partial charge on any atom is -0.463 e. The fraction of sp³-hybridized carbons (Fsp3) is 0.412. The molecule has 0 spiro atoms. The first-order chi connectivity index (χ1) is 10.6. The Balaban J connectivity index is 2.51. The van der Waals surface area contributed by atoms with Crippen molar-refractivity contribution in [1.29, 1.82) is 0 Å². The molecule has 0 bridgehead atoms. The highest BCUT2D eigenvalue weighted by Gasteiger charge is 2.31. The second-order valence-corrected chi connectivity index (χ2v) is 5.72. The summed E-state index contributed by atoms with van der Waals surface area (Å²) in [6, 6.07) is 7.91.